The van der Waals surface area contributed by atoms with E-state index in [0.717, 1.165) is 11.0 Å². The third-order valence-corrected chi connectivity index (χ3v) is 7.17. The first kappa shape index (κ1) is 18.9. The summed E-state index contributed by atoms with van der Waals surface area (Å²) in [6.45, 7) is 0. The lowest BCUT2D eigenvalue weighted by Gasteiger charge is -2.45. The van der Waals surface area contributed by atoms with Crippen LogP contribution in [0.1, 0.15) is 19.3 Å². The molecule has 142 valence electrons. The number of carbonyl (C=O) groups is 2. The van der Waals surface area contributed by atoms with Gasteiger partial charge >= 0.3 is 6.03 Å². The predicted molar refractivity (Wildman–Crippen MR) is 94.8 cm³/mol. The molecule has 1 saturated heterocycles. The van der Waals surface area contributed by atoms with Crippen molar-refractivity contribution in [3.8, 4) is 0 Å². The lowest BCUT2D eigenvalue weighted by molar-refractivity contribution is -0.138. The molecular weight excluding hydrogens is 385 g/mol. The molecule has 0 aromatic heterocycles. The largest absolute Gasteiger partial charge is 0.326 e. The molecule has 3 amide bonds. The Balaban J connectivity index is 1.80. The number of imide groups is 1. The SMILES string of the molecule is CN1C(=O)C2CC(S(=O)(=O)Nc3ccc(Cl)cc3F)CCC2N(C)C1=O. The Morgan fingerprint density at radius 2 is 1.92 bits per heavy atom. The molecule has 3 atom stereocenters. The van der Waals surface area contributed by atoms with E-state index in [1.165, 1.54) is 24.1 Å². The van der Waals surface area contributed by atoms with Crippen LogP contribution in [0.4, 0.5) is 14.9 Å². The van der Waals surface area contributed by atoms with Crippen molar-refractivity contribution in [3.63, 3.8) is 0 Å². The second-order valence-corrected chi connectivity index (χ2v) is 9.07. The van der Waals surface area contributed by atoms with Crippen molar-refractivity contribution in [1.29, 1.82) is 0 Å². The summed E-state index contributed by atoms with van der Waals surface area (Å²) in [5, 5.41) is -0.688. The van der Waals surface area contributed by atoms with Crippen LogP contribution in [0, 0.1) is 11.7 Å². The lowest BCUT2D eigenvalue weighted by Crippen LogP contribution is -2.61. The Labute approximate surface area is 156 Å². The molecule has 1 aromatic carbocycles. The molecule has 3 rings (SSSR count). The molecule has 1 aromatic rings. The minimum atomic E-state index is -3.90. The highest BCUT2D eigenvalue weighted by Crippen LogP contribution is 2.36. The van der Waals surface area contributed by atoms with Gasteiger partial charge in [-0.15, -0.1) is 0 Å². The van der Waals surface area contributed by atoms with Crippen molar-refractivity contribution in [2.45, 2.75) is 30.6 Å². The normalized spacial score (nSPS) is 26.7. The van der Waals surface area contributed by atoms with Crippen LogP contribution >= 0.6 is 11.6 Å². The Morgan fingerprint density at radius 1 is 1.23 bits per heavy atom. The summed E-state index contributed by atoms with van der Waals surface area (Å²) >= 11 is 5.68. The second kappa shape index (κ2) is 6.70. The van der Waals surface area contributed by atoms with Gasteiger partial charge in [-0.25, -0.2) is 17.6 Å². The molecule has 0 spiro atoms. The van der Waals surface area contributed by atoms with Crippen LogP contribution in [0.15, 0.2) is 18.2 Å². The number of urea groups is 1. The first-order valence-corrected chi connectivity index (χ1v) is 10.1. The number of hydrogen-bond donors (Lipinski definition) is 1. The van der Waals surface area contributed by atoms with E-state index in [0.29, 0.717) is 6.42 Å². The number of fused-ring (bicyclic) bond motifs is 1. The van der Waals surface area contributed by atoms with E-state index in [1.807, 2.05) is 0 Å². The maximum Gasteiger partial charge on any atom is 0.326 e. The molecule has 0 bridgehead atoms. The topological polar surface area (TPSA) is 86.8 Å². The van der Waals surface area contributed by atoms with E-state index in [4.69, 9.17) is 11.6 Å². The van der Waals surface area contributed by atoms with Gasteiger partial charge in [0.25, 0.3) is 0 Å². The molecule has 1 aliphatic heterocycles. The third-order valence-electron chi connectivity index (χ3n) is 5.12. The number of carbonyl (C=O) groups excluding carboxylic acids is 2. The van der Waals surface area contributed by atoms with Gasteiger partial charge in [-0.1, -0.05) is 11.6 Å². The summed E-state index contributed by atoms with van der Waals surface area (Å²) in [6.07, 6.45) is 0.748. The first-order valence-electron chi connectivity index (χ1n) is 8.13. The zero-order chi connectivity index (χ0) is 19.2. The number of hydrogen-bond acceptors (Lipinski definition) is 4. The van der Waals surface area contributed by atoms with E-state index in [2.05, 4.69) is 4.72 Å². The Hall–Kier alpha value is -1.87. The summed E-state index contributed by atoms with van der Waals surface area (Å²) in [5.41, 5.74) is -0.184. The van der Waals surface area contributed by atoms with Crippen LogP contribution in [-0.2, 0) is 14.8 Å². The van der Waals surface area contributed by atoms with E-state index >= 15 is 0 Å². The average Bonchev–Trinajstić information content (AvgIpc) is 2.60. The highest BCUT2D eigenvalue weighted by Gasteiger charge is 2.48. The van der Waals surface area contributed by atoms with Crippen molar-refractivity contribution in [1.82, 2.24) is 9.80 Å². The first-order chi connectivity index (χ1) is 12.1. The van der Waals surface area contributed by atoms with Crippen molar-refractivity contribution in [2.24, 2.45) is 5.92 Å². The fraction of sp³-hybridized carbons (Fsp3) is 0.500. The molecule has 2 fully saturated rings. The molecule has 1 heterocycles. The maximum absolute atomic E-state index is 13.9. The molecule has 7 nitrogen and oxygen atoms in total. The van der Waals surface area contributed by atoms with Gasteiger partial charge in [0, 0.05) is 25.2 Å². The van der Waals surface area contributed by atoms with Gasteiger partial charge in [-0.3, -0.25) is 14.4 Å². The molecule has 3 unspecified atom stereocenters. The molecule has 26 heavy (non-hydrogen) atoms. The molecule has 1 N–H and O–H groups in total. The summed E-state index contributed by atoms with van der Waals surface area (Å²) in [7, 11) is -0.906. The van der Waals surface area contributed by atoms with Gasteiger partial charge in [0.15, 0.2) is 0 Å². The van der Waals surface area contributed by atoms with E-state index in [1.54, 1.807) is 7.05 Å². The Bertz CT molecular complexity index is 863. The van der Waals surface area contributed by atoms with Crippen LogP contribution in [0.3, 0.4) is 0 Å². The van der Waals surface area contributed by atoms with Gasteiger partial charge in [0.2, 0.25) is 15.9 Å². The fourth-order valence-electron chi connectivity index (χ4n) is 3.66. The monoisotopic (exact) mass is 403 g/mol. The van der Waals surface area contributed by atoms with Crippen molar-refractivity contribution < 1.29 is 22.4 Å². The fourth-order valence-corrected chi connectivity index (χ4v) is 5.36. The molecule has 2 aliphatic rings. The molecule has 0 radical (unpaired) electrons. The molecule has 10 heteroatoms. The van der Waals surface area contributed by atoms with Gasteiger partial charge in [-0.2, -0.15) is 0 Å². The van der Waals surface area contributed by atoms with Crippen LogP contribution in [0.5, 0.6) is 0 Å². The minimum Gasteiger partial charge on any atom is -0.324 e. The number of benzene rings is 1. The molecule has 1 aliphatic carbocycles. The third kappa shape index (κ3) is 3.25. The van der Waals surface area contributed by atoms with Crippen LogP contribution in [-0.4, -0.2) is 55.5 Å². The van der Waals surface area contributed by atoms with Gasteiger partial charge in [-0.05, 0) is 37.5 Å². The number of anilines is 1. The number of rotatable bonds is 3. The standard InChI is InChI=1S/C16H19ClFN3O4S/c1-20-14-6-4-10(8-11(14)15(22)21(2)16(20)23)26(24,25)19-13-5-3-9(17)7-12(13)18/h3,5,7,10-11,14,19H,4,6,8H2,1-2H3. The number of sulfonamides is 1. The van der Waals surface area contributed by atoms with Crippen molar-refractivity contribution in [2.75, 3.05) is 18.8 Å². The number of nitrogens with one attached hydrogen (secondary N) is 1. The van der Waals surface area contributed by atoms with Gasteiger partial charge in [0.05, 0.1) is 16.9 Å². The Morgan fingerprint density at radius 3 is 2.58 bits per heavy atom. The minimum absolute atomic E-state index is 0.0794. The number of amides is 3. The van der Waals surface area contributed by atoms with Crippen LogP contribution < -0.4 is 4.72 Å². The van der Waals surface area contributed by atoms with E-state index in [9.17, 15) is 22.4 Å². The zero-order valence-corrected chi connectivity index (χ0v) is 15.8. The predicted octanol–water partition coefficient (Wildman–Crippen LogP) is 2.28. The maximum atomic E-state index is 13.9. The summed E-state index contributed by atoms with van der Waals surface area (Å²) in [5.74, 6) is -1.74. The second-order valence-electron chi connectivity index (χ2n) is 6.67. The molecule has 1 saturated carbocycles. The quantitative estimate of drug-likeness (QED) is 0.838. The van der Waals surface area contributed by atoms with Crippen LogP contribution in [0.2, 0.25) is 5.02 Å². The van der Waals surface area contributed by atoms with Gasteiger partial charge in [0.1, 0.15) is 5.82 Å². The highest BCUT2D eigenvalue weighted by molar-refractivity contribution is 7.93. The summed E-state index contributed by atoms with van der Waals surface area (Å²) < 4.78 is 41.5. The smallest absolute Gasteiger partial charge is 0.324 e. The zero-order valence-electron chi connectivity index (χ0n) is 14.3. The average molecular weight is 404 g/mol. The summed E-state index contributed by atoms with van der Waals surface area (Å²) in [6, 6.07) is 2.96. The number of nitrogens with zero attached hydrogens (tertiary/aromatic N) is 2. The highest BCUT2D eigenvalue weighted by atomic mass is 35.5. The lowest BCUT2D eigenvalue weighted by atomic mass is 9.81. The van der Waals surface area contributed by atoms with E-state index in [-0.39, 0.29) is 41.5 Å². The van der Waals surface area contributed by atoms with Crippen molar-refractivity contribution >= 4 is 39.2 Å². The Kier molecular flexibility index (Phi) is 4.87. The van der Waals surface area contributed by atoms with Crippen LogP contribution in [0.25, 0.3) is 0 Å². The molecular formula is C16H19ClFN3O4S. The van der Waals surface area contributed by atoms with E-state index < -0.39 is 27.0 Å². The van der Waals surface area contributed by atoms with Crippen molar-refractivity contribution in [3.05, 3.63) is 29.0 Å². The summed E-state index contributed by atoms with van der Waals surface area (Å²) in [4.78, 5) is 27.0. The number of halogens is 2. The van der Waals surface area contributed by atoms with Gasteiger partial charge < -0.3 is 4.90 Å².